The van der Waals surface area contributed by atoms with Gasteiger partial charge in [0.25, 0.3) is 0 Å². The number of sulfonamides is 1. The van der Waals surface area contributed by atoms with E-state index in [0.29, 0.717) is 24.7 Å². The summed E-state index contributed by atoms with van der Waals surface area (Å²) in [6.45, 7) is 0.784. The second-order valence-electron chi connectivity index (χ2n) is 5.28. The molecular formula is C14H23N3O3S. The van der Waals surface area contributed by atoms with Crippen LogP contribution in [0.5, 0.6) is 0 Å². The van der Waals surface area contributed by atoms with Gasteiger partial charge in [-0.2, -0.15) is 0 Å². The van der Waals surface area contributed by atoms with Crippen LogP contribution >= 0.6 is 0 Å². The lowest BCUT2D eigenvalue weighted by Crippen LogP contribution is -2.41. The van der Waals surface area contributed by atoms with Gasteiger partial charge in [-0.25, -0.2) is 13.1 Å². The normalized spacial score (nSPS) is 15.7. The van der Waals surface area contributed by atoms with E-state index in [1.165, 1.54) is 19.5 Å². The van der Waals surface area contributed by atoms with Gasteiger partial charge in [0.05, 0.1) is 16.3 Å². The van der Waals surface area contributed by atoms with Crippen molar-refractivity contribution in [3.8, 4) is 0 Å². The molecule has 21 heavy (non-hydrogen) atoms. The minimum Gasteiger partial charge on any atom is -0.397 e. The van der Waals surface area contributed by atoms with Crippen LogP contribution in [0.15, 0.2) is 23.1 Å². The van der Waals surface area contributed by atoms with Crippen LogP contribution in [0.25, 0.3) is 0 Å². The summed E-state index contributed by atoms with van der Waals surface area (Å²) in [6.07, 6.45) is 3.97. The van der Waals surface area contributed by atoms with E-state index in [9.17, 15) is 8.42 Å². The number of hydrogen-bond donors (Lipinski definition) is 3. The zero-order valence-electron chi connectivity index (χ0n) is 12.2. The highest BCUT2D eigenvalue weighted by Gasteiger charge is 2.27. The third-order valence-electron chi connectivity index (χ3n) is 3.96. The first-order valence-corrected chi connectivity index (χ1v) is 8.68. The van der Waals surface area contributed by atoms with Gasteiger partial charge >= 0.3 is 0 Å². The first kappa shape index (κ1) is 16.1. The molecule has 1 saturated carbocycles. The van der Waals surface area contributed by atoms with E-state index in [0.717, 1.165) is 18.5 Å². The van der Waals surface area contributed by atoms with Crippen molar-refractivity contribution < 1.29 is 13.5 Å². The van der Waals surface area contributed by atoms with Crippen molar-refractivity contribution in [1.82, 2.24) is 4.72 Å². The Kier molecular flexibility index (Phi) is 5.08. The van der Waals surface area contributed by atoms with Crippen molar-refractivity contribution in [3.05, 3.63) is 18.2 Å². The van der Waals surface area contributed by atoms with Gasteiger partial charge in [0.2, 0.25) is 10.0 Å². The number of nitrogens with two attached hydrogens (primary N) is 1. The van der Waals surface area contributed by atoms with Crippen LogP contribution in [-0.4, -0.2) is 39.8 Å². The second-order valence-corrected chi connectivity index (χ2v) is 7.17. The van der Waals surface area contributed by atoms with Crippen LogP contribution in [0.1, 0.15) is 25.7 Å². The van der Waals surface area contributed by atoms with Gasteiger partial charge in [-0.3, -0.25) is 0 Å². The summed E-state index contributed by atoms with van der Waals surface area (Å²) >= 11 is 0. The van der Waals surface area contributed by atoms with E-state index in [-0.39, 0.29) is 11.5 Å². The summed E-state index contributed by atoms with van der Waals surface area (Å²) in [5.74, 6) is 0. The molecule has 6 nitrogen and oxygen atoms in total. The molecule has 0 radical (unpaired) electrons. The smallest absolute Gasteiger partial charge is 0.240 e. The van der Waals surface area contributed by atoms with Gasteiger partial charge in [-0.05, 0) is 50.9 Å². The third kappa shape index (κ3) is 3.48. The number of aliphatic hydroxyl groups is 1. The average Bonchev–Trinajstić information content (AvgIpc) is 2.41. The first-order valence-electron chi connectivity index (χ1n) is 7.20. The lowest BCUT2D eigenvalue weighted by molar-refractivity contribution is 0.283. The molecule has 4 N–H and O–H groups in total. The number of nitrogens with zero attached hydrogens (tertiary/aromatic N) is 1. The number of benzene rings is 1. The predicted molar refractivity (Wildman–Crippen MR) is 83.8 cm³/mol. The number of anilines is 2. The highest BCUT2D eigenvalue weighted by molar-refractivity contribution is 7.89. The fourth-order valence-corrected chi connectivity index (χ4v) is 3.25. The molecule has 1 aliphatic carbocycles. The van der Waals surface area contributed by atoms with E-state index < -0.39 is 10.0 Å². The second kappa shape index (κ2) is 6.64. The first-order chi connectivity index (χ1) is 9.99. The molecule has 0 spiro atoms. The van der Waals surface area contributed by atoms with Crippen LogP contribution in [-0.2, 0) is 10.0 Å². The van der Waals surface area contributed by atoms with Crippen molar-refractivity contribution in [2.24, 2.45) is 0 Å². The molecule has 0 saturated heterocycles. The Morgan fingerprint density at radius 2 is 2.14 bits per heavy atom. The molecular weight excluding hydrogens is 290 g/mol. The predicted octanol–water partition coefficient (Wildman–Crippen LogP) is 0.918. The summed E-state index contributed by atoms with van der Waals surface area (Å²) in [5.41, 5.74) is 7.35. The van der Waals surface area contributed by atoms with Crippen molar-refractivity contribution in [2.75, 3.05) is 30.8 Å². The Morgan fingerprint density at radius 3 is 2.67 bits per heavy atom. The molecule has 0 amide bonds. The lowest BCUT2D eigenvalue weighted by Gasteiger charge is -2.40. The molecule has 2 rings (SSSR count). The topological polar surface area (TPSA) is 95.7 Å². The minimum atomic E-state index is -3.49. The van der Waals surface area contributed by atoms with Gasteiger partial charge < -0.3 is 15.7 Å². The van der Waals surface area contributed by atoms with Gasteiger partial charge in [0.1, 0.15) is 0 Å². The van der Waals surface area contributed by atoms with Crippen molar-refractivity contribution in [1.29, 1.82) is 0 Å². The van der Waals surface area contributed by atoms with Crippen molar-refractivity contribution in [3.63, 3.8) is 0 Å². The molecule has 1 aliphatic rings. The highest BCUT2D eigenvalue weighted by atomic mass is 32.2. The van der Waals surface area contributed by atoms with Crippen LogP contribution in [0.2, 0.25) is 0 Å². The average molecular weight is 313 g/mol. The fourth-order valence-electron chi connectivity index (χ4n) is 2.50. The fraction of sp³-hybridized carbons (Fsp3) is 0.571. The minimum absolute atomic E-state index is 0.109. The molecule has 0 atom stereocenters. The quantitative estimate of drug-likeness (QED) is 0.651. The van der Waals surface area contributed by atoms with Gasteiger partial charge in [-0.15, -0.1) is 0 Å². The van der Waals surface area contributed by atoms with Gasteiger partial charge in [0, 0.05) is 19.2 Å². The molecule has 1 fully saturated rings. The lowest BCUT2D eigenvalue weighted by atomic mass is 9.90. The number of nitrogen functional groups attached to an aromatic ring is 1. The number of nitrogens with one attached hydrogen (secondary N) is 1. The Balaban J connectivity index is 2.36. The highest BCUT2D eigenvalue weighted by Crippen LogP contribution is 2.34. The molecule has 0 heterocycles. The molecule has 1 aromatic carbocycles. The van der Waals surface area contributed by atoms with E-state index in [1.807, 2.05) is 0 Å². The number of hydrogen-bond acceptors (Lipinski definition) is 5. The molecule has 0 unspecified atom stereocenters. The van der Waals surface area contributed by atoms with Crippen LogP contribution < -0.4 is 15.4 Å². The van der Waals surface area contributed by atoms with Crippen molar-refractivity contribution >= 4 is 21.4 Å². The molecule has 0 bridgehead atoms. The summed E-state index contributed by atoms with van der Waals surface area (Å²) in [4.78, 5) is 2.34. The maximum Gasteiger partial charge on any atom is 0.240 e. The largest absolute Gasteiger partial charge is 0.397 e. The number of aliphatic hydroxyl groups excluding tert-OH is 1. The summed E-state index contributed by atoms with van der Waals surface area (Å²) in [7, 11) is -2.10. The summed E-state index contributed by atoms with van der Waals surface area (Å²) in [6, 6.07) is 5.14. The van der Waals surface area contributed by atoms with E-state index in [2.05, 4.69) is 9.62 Å². The zero-order chi connectivity index (χ0) is 15.5. The van der Waals surface area contributed by atoms with Crippen LogP contribution in [0, 0.1) is 0 Å². The van der Waals surface area contributed by atoms with E-state index >= 15 is 0 Å². The zero-order valence-corrected chi connectivity index (χ0v) is 13.1. The summed E-state index contributed by atoms with van der Waals surface area (Å²) in [5, 5.41) is 9.06. The standard InChI is InChI=1S/C14H23N3O3S/c1-16-21(19,20)12-6-7-13(15)14(10-12)17(8-3-9-18)11-4-2-5-11/h6-7,10-11,16,18H,2-5,8-9,15H2,1H3. The molecule has 0 aliphatic heterocycles. The van der Waals surface area contributed by atoms with Crippen molar-refractivity contribution in [2.45, 2.75) is 36.6 Å². The molecule has 7 heteroatoms. The summed E-state index contributed by atoms with van der Waals surface area (Å²) < 4.78 is 26.2. The Labute approximate surface area is 126 Å². The Hall–Kier alpha value is -1.31. The van der Waals surface area contributed by atoms with E-state index in [4.69, 9.17) is 10.8 Å². The van der Waals surface area contributed by atoms with Gasteiger partial charge in [-0.1, -0.05) is 0 Å². The van der Waals surface area contributed by atoms with Crippen LogP contribution in [0.4, 0.5) is 11.4 Å². The van der Waals surface area contributed by atoms with E-state index in [1.54, 1.807) is 12.1 Å². The van der Waals surface area contributed by atoms with Crippen LogP contribution in [0.3, 0.4) is 0 Å². The van der Waals surface area contributed by atoms with Gasteiger partial charge in [0.15, 0.2) is 0 Å². The molecule has 118 valence electrons. The SMILES string of the molecule is CNS(=O)(=O)c1ccc(N)c(N(CCCO)C2CCC2)c1. The number of rotatable bonds is 7. The maximum absolute atomic E-state index is 11.9. The third-order valence-corrected chi connectivity index (χ3v) is 5.37. The monoisotopic (exact) mass is 313 g/mol. The Bertz CT molecular complexity index is 585. The molecule has 1 aromatic rings. The molecule has 0 aromatic heterocycles. The maximum atomic E-state index is 11.9. The Morgan fingerprint density at radius 1 is 1.43 bits per heavy atom.